The van der Waals surface area contributed by atoms with Crippen LogP contribution in [0.15, 0.2) is 53.3 Å². The molecule has 6 rings (SSSR count). The largest absolute Gasteiger partial charge is 0.436 e. The minimum atomic E-state index is -0.567. The van der Waals surface area contributed by atoms with E-state index in [1.807, 2.05) is 13.1 Å². The van der Waals surface area contributed by atoms with Crippen LogP contribution in [-0.2, 0) is 0 Å². The van der Waals surface area contributed by atoms with Crippen molar-refractivity contribution in [2.45, 2.75) is 38.6 Å². The predicted molar refractivity (Wildman–Crippen MR) is 136 cm³/mol. The van der Waals surface area contributed by atoms with Gasteiger partial charge in [0.15, 0.2) is 5.58 Å². The number of rotatable bonds is 4. The number of hydrogen-bond acceptors (Lipinski definition) is 6. The first-order chi connectivity index (χ1) is 17.5. The highest BCUT2D eigenvalue weighted by Gasteiger charge is 2.25. The van der Waals surface area contributed by atoms with Gasteiger partial charge in [0.2, 0.25) is 5.89 Å². The van der Waals surface area contributed by atoms with E-state index in [0.29, 0.717) is 39.9 Å². The summed E-state index contributed by atoms with van der Waals surface area (Å²) < 4.78 is 22.3. The van der Waals surface area contributed by atoms with E-state index in [1.54, 1.807) is 30.3 Å². The molecule has 1 aliphatic carbocycles. The first-order valence-corrected chi connectivity index (χ1v) is 11.8. The number of nitrogens with zero attached hydrogens (tertiary/aromatic N) is 4. The molecule has 0 atom stereocenters. The average Bonchev–Trinajstić information content (AvgIpc) is 3.59. The van der Waals surface area contributed by atoms with Crippen molar-refractivity contribution in [3.63, 3.8) is 0 Å². The lowest BCUT2D eigenvalue weighted by Gasteiger charge is -2.12. The number of nitrogen functional groups attached to an aromatic ring is 1. The van der Waals surface area contributed by atoms with Gasteiger partial charge in [0.1, 0.15) is 29.1 Å². The summed E-state index contributed by atoms with van der Waals surface area (Å²) in [5, 5.41) is 5.96. The quantitative estimate of drug-likeness (QED) is 0.286. The summed E-state index contributed by atoms with van der Waals surface area (Å²) in [6.45, 7) is 1.82. The van der Waals surface area contributed by atoms with Gasteiger partial charge in [0.05, 0.1) is 16.6 Å². The monoisotopic (exact) mass is 485 g/mol. The minimum absolute atomic E-state index is 0.106. The fourth-order valence-corrected chi connectivity index (χ4v) is 4.87. The van der Waals surface area contributed by atoms with E-state index in [9.17, 15) is 9.18 Å². The number of urea groups is 1. The van der Waals surface area contributed by atoms with Crippen LogP contribution in [0, 0.1) is 12.7 Å². The molecule has 5 aromatic rings. The Balaban J connectivity index is 1.31. The van der Waals surface area contributed by atoms with Gasteiger partial charge in [-0.25, -0.2) is 24.1 Å². The summed E-state index contributed by atoms with van der Waals surface area (Å²) in [6, 6.07) is 9.44. The second-order valence-electron chi connectivity index (χ2n) is 9.11. The van der Waals surface area contributed by atoms with Gasteiger partial charge < -0.3 is 25.4 Å². The molecule has 1 fully saturated rings. The second kappa shape index (κ2) is 8.63. The Morgan fingerprint density at radius 2 is 1.97 bits per heavy atom. The van der Waals surface area contributed by atoms with Crippen LogP contribution < -0.4 is 16.4 Å². The van der Waals surface area contributed by atoms with Crippen molar-refractivity contribution < 1.29 is 13.6 Å². The van der Waals surface area contributed by atoms with Gasteiger partial charge in [0, 0.05) is 24.0 Å². The van der Waals surface area contributed by atoms with Crippen molar-refractivity contribution in [3.8, 4) is 11.5 Å². The zero-order valence-corrected chi connectivity index (χ0v) is 19.6. The van der Waals surface area contributed by atoms with E-state index < -0.39 is 11.8 Å². The lowest BCUT2D eigenvalue weighted by Crippen LogP contribution is -2.20. The van der Waals surface area contributed by atoms with Crippen LogP contribution in [0.4, 0.5) is 26.4 Å². The van der Waals surface area contributed by atoms with Crippen LogP contribution in [0.5, 0.6) is 0 Å². The Labute approximate surface area is 205 Å². The number of carbonyl (C=O) groups is 1. The average molecular weight is 486 g/mol. The zero-order chi connectivity index (χ0) is 24.8. The lowest BCUT2D eigenvalue weighted by molar-refractivity contribution is 0.262. The summed E-state index contributed by atoms with van der Waals surface area (Å²) in [6.07, 6.45) is 8.02. The molecule has 36 heavy (non-hydrogen) atoms. The van der Waals surface area contributed by atoms with Crippen LogP contribution >= 0.6 is 0 Å². The number of aromatic nitrogens is 4. The molecule has 9 nitrogen and oxygen atoms in total. The maximum atomic E-state index is 14.0. The van der Waals surface area contributed by atoms with Gasteiger partial charge in [-0.1, -0.05) is 18.9 Å². The number of anilines is 3. The Kier molecular flexibility index (Phi) is 5.28. The highest BCUT2D eigenvalue weighted by Crippen LogP contribution is 2.39. The highest BCUT2D eigenvalue weighted by atomic mass is 19.1. The summed E-state index contributed by atoms with van der Waals surface area (Å²) in [7, 11) is 0. The van der Waals surface area contributed by atoms with E-state index in [0.717, 1.165) is 29.6 Å². The van der Waals surface area contributed by atoms with Crippen LogP contribution in [-0.4, -0.2) is 25.6 Å². The normalized spacial score (nSPS) is 14.1. The van der Waals surface area contributed by atoms with E-state index in [1.165, 1.54) is 25.2 Å². The zero-order valence-electron chi connectivity index (χ0n) is 19.6. The molecule has 3 heterocycles. The van der Waals surface area contributed by atoms with E-state index in [2.05, 4.69) is 30.2 Å². The predicted octanol–water partition coefficient (Wildman–Crippen LogP) is 6.03. The molecule has 0 saturated heterocycles. The molecule has 4 N–H and O–H groups in total. The maximum absolute atomic E-state index is 14.0. The van der Waals surface area contributed by atoms with Gasteiger partial charge >= 0.3 is 6.03 Å². The summed E-state index contributed by atoms with van der Waals surface area (Å²) in [5.74, 6) is 0.263. The standard InChI is InChI=1S/C26H24FN7O2/c1-14-6-8-18(27)20(10-14)33-26(35)31-15-7-9-19-21(11-15)36-25(32-19)17-12-34(16-4-2-3-5-16)24-22(17)23(28)29-13-30-24/h6-13,16H,2-5H2,1H3,(H2,28,29,30)(H2,31,33,35). The number of halogens is 1. The molecule has 1 aliphatic rings. The number of fused-ring (bicyclic) bond motifs is 2. The lowest BCUT2D eigenvalue weighted by atomic mass is 10.2. The highest BCUT2D eigenvalue weighted by molar-refractivity contribution is 6.02. The number of amides is 2. The first kappa shape index (κ1) is 22.0. The van der Waals surface area contributed by atoms with Crippen molar-refractivity contribution >= 4 is 45.4 Å². The fraction of sp³-hybridized carbons (Fsp3) is 0.231. The molecule has 2 aromatic carbocycles. The number of carbonyl (C=O) groups excluding carboxylic acids is 1. The van der Waals surface area contributed by atoms with E-state index in [4.69, 9.17) is 10.2 Å². The first-order valence-electron chi connectivity index (χ1n) is 11.8. The number of aryl methyl sites for hydroxylation is 1. The van der Waals surface area contributed by atoms with Gasteiger partial charge in [-0.05, 0) is 49.6 Å². The molecular formula is C26H24FN7O2. The van der Waals surface area contributed by atoms with Crippen molar-refractivity contribution in [1.82, 2.24) is 19.5 Å². The number of benzene rings is 2. The van der Waals surface area contributed by atoms with E-state index in [-0.39, 0.29) is 5.69 Å². The van der Waals surface area contributed by atoms with Gasteiger partial charge in [-0.2, -0.15) is 0 Å². The Hall–Kier alpha value is -4.47. The van der Waals surface area contributed by atoms with Gasteiger partial charge in [0.25, 0.3) is 0 Å². The van der Waals surface area contributed by atoms with Crippen LogP contribution in [0.25, 0.3) is 33.6 Å². The fourth-order valence-electron chi connectivity index (χ4n) is 4.87. The van der Waals surface area contributed by atoms with Crippen LogP contribution in [0.3, 0.4) is 0 Å². The third kappa shape index (κ3) is 3.90. The number of nitrogens with one attached hydrogen (secondary N) is 2. The van der Waals surface area contributed by atoms with Crippen LogP contribution in [0.2, 0.25) is 0 Å². The molecule has 2 amide bonds. The SMILES string of the molecule is Cc1ccc(F)c(NC(=O)Nc2ccc3nc(-c4cn(C5CCCC5)c5ncnc(N)c45)oc3c2)c1. The molecule has 0 unspecified atom stereocenters. The summed E-state index contributed by atoms with van der Waals surface area (Å²) in [5.41, 5.74) is 10.3. The second-order valence-corrected chi connectivity index (χ2v) is 9.11. The molecule has 182 valence electrons. The molecule has 0 radical (unpaired) electrons. The van der Waals surface area contributed by atoms with Crippen LogP contribution in [0.1, 0.15) is 37.3 Å². The van der Waals surface area contributed by atoms with E-state index >= 15 is 0 Å². The molecule has 0 bridgehead atoms. The van der Waals surface area contributed by atoms with Gasteiger partial charge in [-0.3, -0.25) is 0 Å². The Bertz CT molecular complexity index is 1620. The minimum Gasteiger partial charge on any atom is -0.436 e. The molecule has 3 aromatic heterocycles. The molecular weight excluding hydrogens is 461 g/mol. The molecule has 0 spiro atoms. The maximum Gasteiger partial charge on any atom is 0.323 e. The molecule has 10 heteroatoms. The third-order valence-electron chi connectivity index (χ3n) is 6.60. The summed E-state index contributed by atoms with van der Waals surface area (Å²) in [4.78, 5) is 25.8. The Morgan fingerprint density at radius 1 is 1.14 bits per heavy atom. The third-order valence-corrected chi connectivity index (χ3v) is 6.60. The van der Waals surface area contributed by atoms with Crippen molar-refractivity contribution in [2.75, 3.05) is 16.4 Å². The van der Waals surface area contributed by atoms with Crippen molar-refractivity contribution in [3.05, 3.63) is 60.3 Å². The van der Waals surface area contributed by atoms with Crippen molar-refractivity contribution in [2.24, 2.45) is 0 Å². The summed E-state index contributed by atoms with van der Waals surface area (Å²) >= 11 is 0. The Morgan fingerprint density at radius 3 is 2.81 bits per heavy atom. The number of hydrogen-bond donors (Lipinski definition) is 3. The molecule has 0 aliphatic heterocycles. The number of nitrogens with two attached hydrogens (primary N) is 1. The molecule has 1 saturated carbocycles. The number of oxazole rings is 1. The van der Waals surface area contributed by atoms with Crippen molar-refractivity contribution in [1.29, 1.82) is 0 Å². The smallest absolute Gasteiger partial charge is 0.323 e. The van der Waals surface area contributed by atoms with Gasteiger partial charge in [-0.15, -0.1) is 0 Å². The topological polar surface area (TPSA) is 124 Å².